The standard InChI is InChI=1S/C14H18N4O3/c1-9(2)20-12-5-3-4-10(16-12)14-17-13(18-21-14)11-8-19-7-6-15-11/h3-5,9,11,15H,6-8H2,1-2H3/t11-/m0/s1. The average Bonchev–Trinajstić information content (AvgIpc) is 2.98. The van der Waals surface area contributed by atoms with E-state index in [-0.39, 0.29) is 12.1 Å². The van der Waals surface area contributed by atoms with Crippen LogP contribution in [0.3, 0.4) is 0 Å². The summed E-state index contributed by atoms with van der Waals surface area (Å²) < 4.78 is 16.2. The molecule has 1 N–H and O–H groups in total. The highest BCUT2D eigenvalue weighted by molar-refractivity contribution is 5.47. The van der Waals surface area contributed by atoms with Crippen LogP contribution in [-0.2, 0) is 4.74 Å². The van der Waals surface area contributed by atoms with Gasteiger partial charge in [-0.2, -0.15) is 4.98 Å². The summed E-state index contributed by atoms with van der Waals surface area (Å²) in [6, 6.07) is 5.43. The minimum Gasteiger partial charge on any atom is -0.475 e. The van der Waals surface area contributed by atoms with Crippen molar-refractivity contribution >= 4 is 0 Å². The van der Waals surface area contributed by atoms with Crippen molar-refractivity contribution in [2.24, 2.45) is 0 Å². The zero-order chi connectivity index (χ0) is 14.7. The van der Waals surface area contributed by atoms with Crippen LogP contribution >= 0.6 is 0 Å². The summed E-state index contributed by atoms with van der Waals surface area (Å²) in [5.74, 6) is 1.51. The van der Waals surface area contributed by atoms with Crippen molar-refractivity contribution in [3.63, 3.8) is 0 Å². The minimum absolute atomic E-state index is 0.0358. The fraction of sp³-hybridized carbons (Fsp3) is 0.500. The number of ether oxygens (including phenoxy) is 2. The first-order valence-electron chi connectivity index (χ1n) is 7.01. The van der Waals surface area contributed by atoms with Crippen LogP contribution < -0.4 is 10.1 Å². The number of rotatable bonds is 4. The van der Waals surface area contributed by atoms with Gasteiger partial charge in [0.25, 0.3) is 5.89 Å². The van der Waals surface area contributed by atoms with Gasteiger partial charge in [0.15, 0.2) is 5.82 Å². The lowest BCUT2D eigenvalue weighted by molar-refractivity contribution is 0.0734. The van der Waals surface area contributed by atoms with Gasteiger partial charge in [-0.1, -0.05) is 11.2 Å². The molecule has 7 heteroatoms. The Morgan fingerprint density at radius 2 is 2.24 bits per heavy atom. The maximum Gasteiger partial charge on any atom is 0.276 e. The number of morpholine rings is 1. The van der Waals surface area contributed by atoms with Crippen molar-refractivity contribution in [2.45, 2.75) is 26.0 Å². The first-order chi connectivity index (χ1) is 10.2. The Morgan fingerprint density at radius 1 is 1.33 bits per heavy atom. The summed E-state index contributed by atoms with van der Waals surface area (Å²) >= 11 is 0. The predicted molar refractivity (Wildman–Crippen MR) is 74.9 cm³/mol. The molecule has 21 heavy (non-hydrogen) atoms. The second-order valence-electron chi connectivity index (χ2n) is 5.07. The molecule has 0 unspecified atom stereocenters. The van der Waals surface area contributed by atoms with E-state index in [4.69, 9.17) is 14.0 Å². The second kappa shape index (κ2) is 6.19. The minimum atomic E-state index is -0.0358. The maximum absolute atomic E-state index is 5.57. The summed E-state index contributed by atoms with van der Waals surface area (Å²) in [5, 5.41) is 7.28. The Labute approximate surface area is 122 Å². The molecule has 1 fully saturated rings. The van der Waals surface area contributed by atoms with E-state index in [1.165, 1.54) is 0 Å². The van der Waals surface area contributed by atoms with Crippen LogP contribution in [0.15, 0.2) is 22.7 Å². The highest BCUT2D eigenvalue weighted by Gasteiger charge is 2.21. The van der Waals surface area contributed by atoms with Gasteiger partial charge in [0.2, 0.25) is 5.88 Å². The fourth-order valence-corrected chi connectivity index (χ4v) is 2.05. The summed E-state index contributed by atoms with van der Waals surface area (Å²) in [6.45, 7) is 5.94. The second-order valence-corrected chi connectivity index (χ2v) is 5.07. The Bertz CT molecular complexity index is 593. The van der Waals surface area contributed by atoms with Crippen molar-refractivity contribution in [3.05, 3.63) is 24.0 Å². The molecular formula is C14H18N4O3. The number of aromatic nitrogens is 3. The third kappa shape index (κ3) is 3.37. The maximum atomic E-state index is 5.57. The molecule has 0 bridgehead atoms. The van der Waals surface area contributed by atoms with Crippen molar-refractivity contribution in [1.29, 1.82) is 0 Å². The van der Waals surface area contributed by atoms with Gasteiger partial charge in [-0.3, -0.25) is 0 Å². The van der Waals surface area contributed by atoms with Crippen LogP contribution in [0.25, 0.3) is 11.6 Å². The van der Waals surface area contributed by atoms with E-state index in [1.807, 2.05) is 26.0 Å². The third-order valence-electron chi connectivity index (χ3n) is 2.97. The fourth-order valence-electron chi connectivity index (χ4n) is 2.05. The molecule has 1 aliphatic heterocycles. The van der Waals surface area contributed by atoms with E-state index in [0.29, 0.717) is 36.5 Å². The van der Waals surface area contributed by atoms with Crippen LogP contribution in [0.1, 0.15) is 25.7 Å². The molecule has 1 aliphatic rings. The number of pyridine rings is 1. The topological polar surface area (TPSA) is 82.3 Å². The summed E-state index contributed by atoms with van der Waals surface area (Å²) in [5.41, 5.74) is 0.601. The Hall–Kier alpha value is -1.99. The van der Waals surface area contributed by atoms with Gasteiger partial charge in [-0.05, 0) is 19.9 Å². The van der Waals surface area contributed by atoms with Gasteiger partial charge in [-0.25, -0.2) is 4.98 Å². The van der Waals surface area contributed by atoms with Gasteiger partial charge in [0, 0.05) is 12.6 Å². The van der Waals surface area contributed by atoms with Crippen molar-refractivity contribution in [3.8, 4) is 17.5 Å². The molecule has 112 valence electrons. The molecule has 0 saturated carbocycles. The molecule has 7 nitrogen and oxygen atoms in total. The average molecular weight is 290 g/mol. The molecule has 3 heterocycles. The highest BCUT2D eigenvalue weighted by Crippen LogP contribution is 2.21. The first-order valence-corrected chi connectivity index (χ1v) is 7.01. The van der Waals surface area contributed by atoms with Crippen LogP contribution in [0.4, 0.5) is 0 Å². The molecule has 2 aromatic heterocycles. The van der Waals surface area contributed by atoms with Gasteiger partial charge in [0.1, 0.15) is 5.69 Å². The van der Waals surface area contributed by atoms with E-state index >= 15 is 0 Å². The molecule has 1 saturated heterocycles. The van der Waals surface area contributed by atoms with Crippen molar-refractivity contribution in [2.75, 3.05) is 19.8 Å². The van der Waals surface area contributed by atoms with E-state index in [9.17, 15) is 0 Å². The first kappa shape index (κ1) is 14.0. The molecule has 0 amide bonds. The Morgan fingerprint density at radius 3 is 3.00 bits per heavy atom. The molecule has 2 aromatic rings. The Kier molecular flexibility index (Phi) is 4.12. The number of nitrogens with one attached hydrogen (secondary N) is 1. The monoisotopic (exact) mass is 290 g/mol. The summed E-state index contributed by atoms with van der Waals surface area (Å²) in [4.78, 5) is 8.76. The SMILES string of the molecule is CC(C)Oc1cccc(-c2nc([C@@H]3COCCN3)no2)n1. The van der Waals surface area contributed by atoms with Crippen LogP contribution in [0, 0.1) is 0 Å². The zero-order valence-corrected chi connectivity index (χ0v) is 12.1. The largest absolute Gasteiger partial charge is 0.475 e. The molecule has 0 spiro atoms. The zero-order valence-electron chi connectivity index (χ0n) is 12.1. The van der Waals surface area contributed by atoms with Gasteiger partial charge in [0.05, 0.1) is 25.4 Å². The van der Waals surface area contributed by atoms with Crippen molar-refractivity contribution < 1.29 is 14.0 Å². The number of hydrogen-bond donors (Lipinski definition) is 1. The lowest BCUT2D eigenvalue weighted by Crippen LogP contribution is -2.35. The van der Waals surface area contributed by atoms with Crippen LogP contribution in [-0.4, -0.2) is 41.0 Å². The van der Waals surface area contributed by atoms with Crippen molar-refractivity contribution in [1.82, 2.24) is 20.4 Å². The third-order valence-corrected chi connectivity index (χ3v) is 2.97. The van der Waals surface area contributed by atoms with Gasteiger partial charge >= 0.3 is 0 Å². The van der Waals surface area contributed by atoms with Crippen LogP contribution in [0.2, 0.25) is 0 Å². The molecule has 0 aromatic carbocycles. The molecule has 1 atom stereocenters. The molecule has 3 rings (SSSR count). The normalized spacial score (nSPS) is 18.9. The summed E-state index contributed by atoms with van der Waals surface area (Å²) in [7, 11) is 0. The lowest BCUT2D eigenvalue weighted by atomic mass is 10.2. The van der Waals surface area contributed by atoms with E-state index in [1.54, 1.807) is 6.07 Å². The predicted octanol–water partition coefficient (Wildman–Crippen LogP) is 1.58. The molecule has 0 aliphatic carbocycles. The van der Waals surface area contributed by atoms with Crippen LogP contribution in [0.5, 0.6) is 5.88 Å². The summed E-state index contributed by atoms with van der Waals surface area (Å²) in [6.07, 6.45) is 0.0644. The molecular weight excluding hydrogens is 272 g/mol. The van der Waals surface area contributed by atoms with Gasteiger partial charge < -0.3 is 19.3 Å². The Balaban J connectivity index is 1.79. The van der Waals surface area contributed by atoms with Gasteiger partial charge in [-0.15, -0.1) is 0 Å². The molecule has 0 radical (unpaired) electrons. The smallest absolute Gasteiger partial charge is 0.276 e. The van der Waals surface area contributed by atoms with E-state index in [2.05, 4.69) is 20.4 Å². The number of nitrogens with zero attached hydrogens (tertiary/aromatic N) is 3. The van der Waals surface area contributed by atoms with E-state index in [0.717, 1.165) is 6.54 Å². The van der Waals surface area contributed by atoms with E-state index < -0.39 is 0 Å². The quantitative estimate of drug-likeness (QED) is 0.915. The lowest BCUT2D eigenvalue weighted by Gasteiger charge is -2.20. The number of hydrogen-bond acceptors (Lipinski definition) is 7. The highest BCUT2D eigenvalue weighted by atomic mass is 16.5.